The molecule has 0 saturated carbocycles. The Labute approximate surface area is 169 Å². The number of benzene rings is 2. The molecule has 1 heterocycles. The molecule has 154 valence electrons. The van der Waals surface area contributed by atoms with Crippen molar-refractivity contribution in [2.45, 2.75) is 52.0 Å². The Morgan fingerprint density at radius 1 is 1.07 bits per heavy atom. The fourth-order valence-corrected chi connectivity index (χ4v) is 3.63. The molecule has 2 aromatic carbocycles. The first-order chi connectivity index (χ1) is 13.7. The van der Waals surface area contributed by atoms with Crippen LogP contribution in [0.1, 0.15) is 38.3 Å². The van der Waals surface area contributed by atoms with Crippen LogP contribution < -0.4 is 5.32 Å². The molecule has 3 rings (SSSR count). The van der Waals surface area contributed by atoms with Crippen molar-refractivity contribution in [1.29, 1.82) is 0 Å². The van der Waals surface area contributed by atoms with Crippen LogP contribution in [-0.4, -0.2) is 23.0 Å². The highest BCUT2D eigenvalue weighted by molar-refractivity contribution is 5.97. The lowest BCUT2D eigenvalue weighted by Gasteiger charge is -2.33. The Kier molecular flexibility index (Phi) is 6.01. The summed E-state index contributed by atoms with van der Waals surface area (Å²) < 4.78 is 39.1. The van der Waals surface area contributed by atoms with E-state index in [0.717, 1.165) is 30.5 Å². The minimum absolute atomic E-state index is 0.0709. The normalized spacial score (nSPS) is 18.3. The molecule has 0 unspecified atom stereocenters. The van der Waals surface area contributed by atoms with E-state index < -0.39 is 17.9 Å². The predicted octanol–water partition coefficient (Wildman–Crippen LogP) is 5.64. The van der Waals surface area contributed by atoms with Gasteiger partial charge in [0, 0.05) is 17.3 Å². The van der Waals surface area contributed by atoms with E-state index in [1.165, 1.54) is 11.6 Å². The van der Waals surface area contributed by atoms with Crippen LogP contribution in [-0.2, 0) is 17.4 Å². The van der Waals surface area contributed by atoms with E-state index in [1.54, 1.807) is 17.9 Å². The third kappa shape index (κ3) is 4.63. The summed E-state index contributed by atoms with van der Waals surface area (Å²) in [5, 5.41) is 3.14. The van der Waals surface area contributed by atoms with Gasteiger partial charge in [-0.2, -0.15) is 13.2 Å². The Balaban J connectivity index is 1.78. The number of nitrogens with one attached hydrogen (secondary N) is 1. The van der Waals surface area contributed by atoms with Gasteiger partial charge in [-0.3, -0.25) is 4.79 Å². The van der Waals surface area contributed by atoms with Crippen molar-refractivity contribution in [2.75, 3.05) is 5.32 Å². The molecule has 1 N–H and O–H groups in total. The van der Waals surface area contributed by atoms with Gasteiger partial charge in [0.15, 0.2) is 0 Å². The van der Waals surface area contributed by atoms with Gasteiger partial charge < -0.3 is 10.2 Å². The standard InChI is InChI=1S/C23H25F3N2O/c1-15(12-13-18-8-5-4-6-9-18)28-21(16(2)17(3)22(28)29)27-20-11-7-10-19(14-20)23(24,25)26/h4-11,14-15,21,27H,12-13H2,1-3H3/t15-,21-/m1/s1. The minimum Gasteiger partial charge on any atom is -0.362 e. The second kappa shape index (κ2) is 8.31. The molecule has 2 atom stereocenters. The van der Waals surface area contributed by atoms with Crippen molar-refractivity contribution in [1.82, 2.24) is 4.90 Å². The number of hydrogen-bond acceptors (Lipinski definition) is 2. The van der Waals surface area contributed by atoms with Crippen LogP contribution in [0.5, 0.6) is 0 Å². The summed E-state index contributed by atoms with van der Waals surface area (Å²) >= 11 is 0. The molecule has 2 aromatic rings. The van der Waals surface area contributed by atoms with E-state index in [9.17, 15) is 18.0 Å². The molecule has 0 saturated heterocycles. The maximum Gasteiger partial charge on any atom is 0.416 e. The van der Waals surface area contributed by atoms with Crippen molar-refractivity contribution >= 4 is 11.6 Å². The van der Waals surface area contributed by atoms with E-state index in [0.29, 0.717) is 11.3 Å². The fraction of sp³-hybridized carbons (Fsp3) is 0.348. The van der Waals surface area contributed by atoms with Crippen LogP contribution >= 0.6 is 0 Å². The van der Waals surface area contributed by atoms with E-state index in [-0.39, 0.29) is 11.9 Å². The van der Waals surface area contributed by atoms with Gasteiger partial charge in [0.2, 0.25) is 0 Å². The van der Waals surface area contributed by atoms with Gasteiger partial charge in [0.1, 0.15) is 6.17 Å². The average Bonchev–Trinajstić information content (AvgIpc) is 2.90. The van der Waals surface area contributed by atoms with Gasteiger partial charge in [0.25, 0.3) is 5.91 Å². The largest absolute Gasteiger partial charge is 0.416 e. The van der Waals surface area contributed by atoms with Crippen molar-refractivity contribution in [3.8, 4) is 0 Å². The van der Waals surface area contributed by atoms with Gasteiger partial charge >= 0.3 is 6.18 Å². The SMILES string of the molecule is CC1=C(C)[C@H](Nc2cccc(C(F)(F)F)c2)N([C@H](C)CCc2ccccc2)C1=O. The quantitative estimate of drug-likeness (QED) is 0.678. The molecule has 3 nitrogen and oxygen atoms in total. The highest BCUT2D eigenvalue weighted by atomic mass is 19.4. The number of hydrogen-bond donors (Lipinski definition) is 1. The number of alkyl halides is 3. The number of carbonyl (C=O) groups excluding carboxylic acids is 1. The first kappa shape index (κ1) is 21.0. The fourth-order valence-electron chi connectivity index (χ4n) is 3.63. The summed E-state index contributed by atoms with van der Waals surface area (Å²) in [6.45, 7) is 5.60. The first-order valence-corrected chi connectivity index (χ1v) is 9.66. The summed E-state index contributed by atoms with van der Waals surface area (Å²) in [6.07, 6.45) is -3.29. The van der Waals surface area contributed by atoms with E-state index >= 15 is 0 Å². The highest BCUT2D eigenvalue weighted by Crippen LogP contribution is 2.33. The molecule has 0 aromatic heterocycles. The monoisotopic (exact) mass is 402 g/mol. The van der Waals surface area contributed by atoms with E-state index in [1.807, 2.05) is 44.2 Å². The van der Waals surface area contributed by atoms with Gasteiger partial charge in [-0.15, -0.1) is 0 Å². The molecule has 6 heteroatoms. The summed E-state index contributed by atoms with van der Waals surface area (Å²) in [5.74, 6) is -0.0764. The number of nitrogens with zero attached hydrogens (tertiary/aromatic N) is 1. The summed E-state index contributed by atoms with van der Waals surface area (Å²) in [6, 6.07) is 15.0. The van der Waals surface area contributed by atoms with E-state index in [2.05, 4.69) is 5.32 Å². The van der Waals surface area contributed by atoms with Gasteiger partial charge in [-0.05, 0) is 62.9 Å². The van der Waals surface area contributed by atoms with Crippen molar-refractivity contribution in [3.05, 3.63) is 76.9 Å². The zero-order valence-electron chi connectivity index (χ0n) is 16.8. The zero-order valence-corrected chi connectivity index (χ0v) is 16.8. The maximum absolute atomic E-state index is 13.0. The van der Waals surface area contributed by atoms with Crippen molar-refractivity contribution in [2.24, 2.45) is 0 Å². The molecule has 1 aliphatic heterocycles. The van der Waals surface area contributed by atoms with Crippen molar-refractivity contribution < 1.29 is 18.0 Å². The average molecular weight is 402 g/mol. The van der Waals surface area contributed by atoms with Gasteiger partial charge in [-0.1, -0.05) is 36.4 Å². The Morgan fingerprint density at radius 3 is 2.41 bits per heavy atom. The number of carbonyl (C=O) groups is 1. The van der Waals surface area contributed by atoms with Crippen LogP contribution in [0.2, 0.25) is 0 Å². The van der Waals surface area contributed by atoms with Crippen LogP contribution in [0, 0.1) is 0 Å². The number of rotatable bonds is 6. The third-order valence-corrected chi connectivity index (χ3v) is 5.50. The highest BCUT2D eigenvalue weighted by Gasteiger charge is 2.38. The molecular formula is C23H25F3N2O. The second-order valence-electron chi connectivity index (χ2n) is 7.52. The predicted molar refractivity (Wildman–Crippen MR) is 108 cm³/mol. The van der Waals surface area contributed by atoms with E-state index in [4.69, 9.17) is 0 Å². The Bertz CT molecular complexity index is 906. The number of amides is 1. The minimum atomic E-state index is -4.41. The molecular weight excluding hydrogens is 377 g/mol. The third-order valence-electron chi connectivity index (χ3n) is 5.50. The lowest BCUT2D eigenvalue weighted by molar-refractivity contribution is -0.137. The summed E-state index contributed by atoms with van der Waals surface area (Å²) in [4.78, 5) is 14.6. The molecule has 0 spiro atoms. The lowest BCUT2D eigenvalue weighted by Crippen LogP contribution is -2.46. The molecule has 0 bridgehead atoms. The van der Waals surface area contributed by atoms with Gasteiger partial charge in [0.05, 0.1) is 5.56 Å². The Hall–Kier alpha value is -2.76. The van der Waals surface area contributed by atoms with Crippen molar-refractivity contribution in [3.63, 3.8) is 0 Å². The zero-order chi connectivity index (χ0) is 21.2. The lowest BCUT2D eigenvalue weighted by atomic mass is 10.0. The summed E-state index contributed by atoms with van der Waals surface area (Å²) in [5.41, 5.74) is 2.29. The second-order valence-corrected chi connectivity index (χ2v) is 7.52. The van der Waals surface area contributed by atoms with Crippen LogP contribution in [0.4, 0.5) is 18.9 Å². The van der Waals surface area contributed by atoms with Crippen LogP contribution in [0.15, 0.2) is 65.7 Å². The molecule has 0 fully saturated rings. The smallest absolute Gasteiger partial charge is 0.362 e. The molecule has 0 aliphatic carbocycles. The molecule has 0 radical (unpaired) electrons. The van der Waals surface area contributed by atoms with Crippen LogP contribution in [0.25, 0.3) is 0 Å². The number of aryl methyl sites for hydroxylation is 1. The number of halogens is 3. The van der Waals surface area contributed by atoms with Crippen LogP contribution in [0.3, 0.4) is 0 Å². The number of anilines is 1. The molecule has 29 heavy (non-hydrogen) atoms. The van der Waals surface area contributed by atoms with Gasteiger partial charge in [-0.25, -0.2) is 0 Å². The maximum atomic E-state index is 13.0. The Morgan fingerprint density at radius 2 is 1.76 bits per heavy atom. The molecule has 1 aliphatic rings. The molecule has 1 amide bonds. The first-order valence-electron chi connectivity index (χ1n) is 9.66. The topological polar surface area (TPSA) is 32.3 Å². The summed E-state index contributed by atoms with van der Waals surface area (Å²) in [7, 11) is 0.